The van der Waals surface area contributed by atoms with Gasteiger partial charge >= 0.3 is 5.97 Å². The van der Waals surface area contributed by atoms with Crippen molar-refractivity contribution in [1.29, 1.82) is 0 Å². The summed E-state index contributed by atoms with van der Waals surface area (Å²) in [6.45, 7) is 7.27. The molecule has 0 aromatic heterocycles. The van der Waals surface area contributed by atoms with Gasteiger partial charge in [-0.3, -0.25) is 14.4 Å². The predicted octanol–water partition coefficient (Wildman–Crippen LogP) is 3.63. The van der Waals surface area contributed by atoms with Crippen LogP contribution in [-0.2, 0) is 19.1 Å². The van der Waals surface area contributed by atoms with E-state index in [2.05, 4.69) is 19.9 Å². The number of hydrogen-bond acceptors (Lipinski definition) is 5. The molecule has 4 rings (SSSR count). The van der Waals surface area contributed by atoms with E-state index in [-0.39, 0.29) is 29.6 Å². The Kier molecular flexibility index (Phi) is 4.84. The van der Waals surface area contributed by atoms with Crippen LogP contribution < -0.4 is 0 Å². The van der Waals surface area contributed by atoms with Crippen LogP contribution in [0.3, 0.4) is 0 Å². The first-order valence-corrected chi connectivity index (χ1v) is 11.2. The molecule has 1 N–H and O–H groups in total. The highest BCUT2D eigenvalue weighted by atomic mass is 16.5. The zero-order chi connectivity index (χ0) is 21.2. The molecule has 7 atom stereocenters. The minimum Gasteiger partial charge on any atom is -0.458 e. The van der Waals surface area contributed by atoms with Crippen molar-refractivity contribution in [3.63, 3.8) is 0 Å². The van der Waals surface area contributed by atoms with Gasteiger partial charge in [-0.05, 0) is 61.2 Å². The van der Waals surface area contributed by atoms with Crippen molar-refractivity contribution >= 4 is 17.5 Å². The number of fused-ring (bicyclic) bond motifs is 5. The molecule has 0 saturated heterocycles. The van der Waals surface area contributed by atoms with Gasteiger partial charge in [-0.1, -0.05) is 32.4 Å². The van der Waals surface area contributed by atoms with Crippen LogP contribution in [0.2, 0.25) is 0 Å². The molecule has 5 heteroatoms. The molecule has 0 aliphatic heterocycles. The van der Waals surface area contributed by atoms with E-state index in [4.69, 9.17) is 4.74 Å². The van der Waals surface area contributed by atoms with Gasteiger partial charge in [0.2, 0.25) is 5.78 Å². The fourth-order valence-electron chi connectivity index (χ4n) is 7.53. The van der Waals surface area contributed by atoms with E-state index in [1.807, 2.05) is 6.92 Å². The topological polar surface area (TPSA) is 80.7 Å². The lowest BCUT2D eigenvalue weighted by Crippen LogP contribution is -2.58. The van der Waals surface area contributed by atoms with Gasteiger partial charge in [0.15, 0.2) is 6.61 Å². The third-order valence-electron chi connectivity index (χ3n) is 9.26. The number of carbonyl (C=O) groups is 3. The van der Waals surface area contributed by atoms with Crippen LogP contribution in [0.5, 0.6) is 0 Å². The number of aliphatic hydroxyl groups is 1. The molecular formula is C24H34O5. The average Bonchev–Trinajstić information content (AvgIpc) is 2.88. The monoisotopic (exact) mass is 402 g/mol. The number of carbonyl (C=O) groups excluding carboxylic acids is 3. The maximum absolute atomic E-state index is 13.0. The highest BCUT2D eigenvalue weighted by molar-refractivity contribution is 5.91. The molecular weight excluding hydrogens is 368 g/mol. The van der Waals surface area contributed by atoms with Gasteiger partial charge in [0.25, 0.3) is 0 Å². The van der Waals surface area contributed by atoms with Crippen molar-refractivity contribution in [3.05, 3.63) is 11.6 Å². The van der Waals surface area contributed by atoms with Crippen LogP contribution in [-0.4, -0.2) is 34.9 Å². The smallest absolute Gasteiger partial charge is 0.303 e. The first-order chi connectivity index (χ1) is 13.5. The van der Waals surface area contributed by atoms with E-state index in [0.717, 1.165) is 25.7 Å². The normalized spacial score (nSPS) is 46.2. The Hall–Kier alpha value is -1.49. The first kappa shape index (κ1) is 20.8. The van der Waals surface area contributed by atoms with E-state index in [1.54, 1.807) is 0 Å². The van der Waals surface area contributed by atoms with Crippen molar-refractivity contribution in [3.8, 4) is 0 Å². The molecule has 0 heterocycles. The number of Topliss-reactive ketones (excluding diaryl/α,β-unsaturated/α-hetero) is 2. The number of ether oxygens (including phenoxy) is 1. The molecule has 0 aromatic rings. The summed E-state index contributed by atoms with van der Waals surface area (Å²) in [5.41, 5.74) is -0.474. The number of rotatable bonds is 3. The Morgan fingerprint density at radius 1 is 1.28 bits per heavy atom. The average molecular weight is 403 g/mol. The molecule has 7 unspecified atom stereocenters. The lowest BCUT2D eigenvalue weighted by atomic mass is 9.48. The minimum absolute atomic E-state index is 0.0733. The Morgan fingerprint density at radius 2 is 2.00 bits per heavy atom. The number of allylic oxidation sites excluding steroid dienone is 2. The minimum atomic E-state index is -1.48. The van der Waals surface area contributed by atoms with Gasteiger partial charge in [0.1, 0.15) is 11.4 Å². The first-order valence-electron chi connectivity index (χ1n) is 11.2. The lowest BCUT2D eigenvalue weighted by Gasteiger charge is -2.56. The highest BCUT2D eigenvalue weighted by Gasteiger charge is 2.67. The molecule has 0 radical (unpaired) electrons. The molecule has 3 saturated carbocycles. The van der Waals surface area contributed by atoms with Crippen molar-refractivity contribution in [2.24, 2.45) is 34.5 Å². The second-order valence-electron chi connectivity index (χ2n) is 10.5. The fraction of sp³-hybridized carbons (Fsp3) is 0.792. The van der Waals surface area contributed by atoms with Crippen LogP contribution in [0, 0.1) is 34.5 Å². The van der Waals surface area contributed by atoms with Gasteiger partial charge < -0.3 is 9.84 Å². The van der Waals surface area contributed by atoms with Crippen LogP contribution in [0.25, 0.3) is 0 Å². The molecule has 0 aromatic carbocycles. The van der Waals surface area contributed by atoms with Gasteiger partial charge in [0.05, 0.1) is 0 Å². The molecule has 3 fully saturated rings. The molecule has 0 amide bonds. The van der Waals surface area contributed by atoms with Crippen LogP contribution in [0.4, 0.5) is 0 Å². The Morgan fingerprint density at radius 3 is 2.69 bits per heavy atom. The fourth-order valence-corrected chi connectivity index (χ4v) is 7.53. The third kappa shape index (κ3) is 2.79. The number of esters is 1. The molecule has 160 valence electrons. The summed E-state index contributed by atoms with van der Waals surface area (Å²) in [6, 6.07) is 0. The summed E-state index contributed by atoms with van der Waals surface area (Å²) in [5, 5.41) is 11.7. The van der Waals surface area contributed by atoms with Crippen LogP contribution in [0.1, 0.15) is 72.6 Å². The Labute approximate surface area is 173 Å². The summed E-state index contributed by atoms with van der Waals surface area (Å²) in [4.78, 5) is 36.3. The zero-order valence-electron chi connectivity index (χ0n) is 18.1. The Bertz CT molecular complexity index is 784. The predicted molar refractivity (Wildman–Crippen MR) is 108 cm³/mol. The van der Waals surface area contributed by atoms with Gasteiger partial charge in [-0.25, -0.2) is 0 Å². The van der Waals surface area contributed by atoms with E-state index in [9.17, 15) is 19.5 Å². The Balaban J connectivity index is 1.67. The molecule has 0 bridgehead atoms. The van der Waals surface area contributed by atoms with Crippen LogP contribution in [0.15, 0.2) is 11.6 Å². The van der Waals surface area contributed by atoms with Crippen LogP contribution >= 0.6 is 0 Å². The number of hydrogen-bond donors (Lipinski definition) is 1. The van der Waals surface area contributed by atoms with Gasteiger partial charge in [0, 0.05) is 25.2 Å². The molecule has 29 heavy (non-hydrogen) atoms. The molecule has 0 spiro atoms. The van der Waals surface area contributed by atoms with Crippen molar-refractivity contribution in [2.75, 3.05) is 6.61 Å². The van der Waals surface area contributed by atoms with Crippen molar-refractivity contribution in [2.45, 2.75) is 78.2 Å². The summed E-state index contributed by atoms with van der Waals surface area (Å²) >= 11 is 0. The van der Waals surface area contributed by atoms with Crippen molar-refractivity contribution < 1.29 is 24.2 Å². The summed E-state index contributed by atoms with van der Waals surface area (Å²) < 4.78 is 4.96. The molecule has 4 aliphatic carbocycles. The van der Waals surface area contributed by atoms with Gasteiger partial charge in [-0.15, -0.1) is 0 Å². The summed E-state index contributed by atoms with van der Waals surface area (Å²) in [6.07, 6.45) is 8.13. The maximum Gasteiger partial charge on any atom is 0.303 e. The zero-order valence-corrected chi connectivity index (χ0v) is 18.1. The van der Waals surface area contributed by atoms with Gasteiger partial charge in [-0.2, -0.15) is 0 Å². The SMILES string of the molecule is CC(=O)OCC(=O)C1(O)C(C)CC2C3CCC4CC(=O)CCC4(C)C3=CCC21C. The molecule has 5 nitrogen and oxygen atoms in total. The van der Waals surface area contributed by atoms with E-state index < -0.39 is 17.0 Å². The largest absolute Gasteiger partial charge is 0.458 e. The van der Waals surface area contributed by atoms with E-state index >= 15 is 0 Å². The second kappa shape index (κ2) is 6.76. The highest BCUT2D eigenvalue weighted by Crippen LogP contribution is 2.67. The maximum atomic E-state index is 13.0. The molecule has 4 aliphatic rings. The standard InChI is InChI=1S/C24H34O5/c1-14-11-20-18-6-5-16-12-17(26)7-9-22(16,3)19(18)8-10-23(20,4)24(14,28)21(27)13-29-15(2)25/h8,14,16,18,20,28H,5-7,9-13H2,1-4H3. The third-order valence-corrected chi connectivity index (χ3v) is 9.26. The second-order valence-corrected chi connectivity index (χ2v) is 10.5. The summed E-state index contributed by atoms with van der Waals surface area (Å²) in [7, 11) is 0. The number of ketones is 2. The van der Waals surface area contributed by atoms with E-state index in [0.29, 0.717) is 36.9 Å². The van der Waals surface area contributed by atoms with Crippen molar-refractivity contribution in [1.82, 2.24) is 0 Å². The lowest BCUT2D eigenvalue weighted by molar-refractivity contribution is -0.167. The summed E-state index contributed by atoms with van der Waals surface area (Å²) in [5.74, 6) is 0.376. The quantitative estimate of drug-likeness (QED) is 0.576. The van der Waals surface area contributed by atoms with E-state index in [1.165, 1.54) is 12.5 Å².